The van der Waals surface area contributed by atoms with E-state index in [0.717, 1.165) is 5.56 Å². The lowest BCUT2D eigenvalue weighted by Crippen LogP contribution is -2.45. The molecule has 3 N–H and O–H groups in total. The average Bonchev–Trinajstić information content (AvgIpc) is 3.03. The Balaban J connectivity index is 1.36. The van der Waals surface area contributed by atoms with E-state index < -0.39 is 28.9 Å². The fourth-order valence-corrected chi connectivity index (χ4v) is 4.35. The normalized spacial score (nSPS) is 14.3. The number of rotatable bonds is 13. The lowest BCUT2D eigenvalue weighted by atomic mass is 9.95. The van der Waals surface area contributed by atoms with Gasteiger partial charge in [0.25, 0.3) is 11.6 Å². The van der Waals surface area contributed by atoms with Crippen LogP contribution in [0.3, 0.4) is 0 Å². The van der Waals surface area contributed by atoms with Crippen LogP contribution in [0.5, 0.6) is 17.2 Å². The molecule has 4 rings (SSSR count). The molecule has 3 aromatic carbocycles. The number of hydrogen-bond acceptors (Lipinski definition) is 10. The van der Waals surface area contributed by atoms with Crippen molar-refractivity contribution in [3.8, 4) is 17.2 Å². The minimum absolute atomic E-state index is 0.00853. The van der Waals surface area contributed by atoms with Crippen LogP contribution in [0.4, 0.5) is 10.5 Å². The van der Waals surface area contributed by atoms with E-state index in [-0.39, 0.29) is 42.6 Å². The second-order valence-electron chi connectivity index (χ2n) is 9.53. The second kappa shape index (κ2) is 15.0. The first-order chi connectivity index (χ1) is 21.7. The summed E-state index contributed by atoms with van der Waals surface area (Å²) in [4.78, 5) is 47.6. The van der Waals surface area contributed by atoms with Crippen molar-refractivity contribution in [1.29, 1.82) is 0 Å². The van der Waals surface area contributed by atoms with E-state index in [1.165, 1.54) is 25.5 Å². The van der Waals surface area contributed by atoms with Gasteiger partial charge in [-0.15, -0.1) is 0 Å². The molecule has 1 aliphatic rings. The number of para-hydroxylation sites is 1. The Morgan fingerprint density at radius 2 is 1.80 bits per heavy atom. The number of carbonyl (C=O) groups excluding carboxylic acids is 3. The molecule has 14 nitrogen and oxygen atoms in total. The third kappa shape index (κ3) is 8.34. The highest BCUT2D eigenvalue weighted by Gasteiger charge is 2.32. The highest BCUT2D eigenvalue weighted by Crippen LogP contribution is 2.34. The molecule has 14 heteroatoms. The number of nitrogens with one attached hydrogen (secondary N) is 3. The summed E-state index contributed by atoms with van der Waals surface area (Å²) in [5.74, 6) is -0.0882. The summed E-state index contributed by atoms with van der Waals surface area (Å²) in [5.41, 5.74) is 4.89. The monoisotopic (exact) mass is 617 g/mol. The molecule has 0 saturated heterocycles. The summed E-state index contributed by atoms with van der Waals surface area (Å²) in [5, 5.41) is 20.1. The number of nitrogens with zero attached hydrogens (tertiary/aromatic N) is 2. The van der Waals surface area contributed by atoms with Gasteiger partial charge in [0.05, 0.1) is 36.5 Å². The van der Waals surface area contributed by atoms with Gasteiger partial charge in [-0.1, -0.05) is 18.2 Å². The molecule has 1 atom stereocenters. The first-order valence-corrected chi connectivity index (χ1v) is 13.7. The summed E-state index contributed by atoms with van der Waals surface area (Å²) in [6.45, 7) is 3.26. The van der Waals surface area contributed by atoms with Gasteiger partial charge < -0.3 is 29.6 Å². The Morgan fingerprint density at radius 3 is 2.51 bits per heavy atom. The highest BCUT2D eigenvalue weighted by atomic mass is 16.6. The predicted molar refractivity (Wildman–Crippen MR) is 162 cm³/mol. The first-order valence-electron chi connectivity index (χ1n) is 13.7. The number of urea groups is 1. The summed E-state index contributed by atoms with van der Waals surface area (Å²) < 4.78 is 22.1. The third-order valence-corrected chi connectivity index (χ3v) is 6.50. The van der Waals surface area contributed by atoms with Gasteiger partial charge in [0, 0.05) is 23.4 Å². The number of methoxy groups -OCH3 is 1. The predicted octanol–water partition coefficient (Wildman–Crippen LogP) is 3.90. The van der Waals surface area contributed by atoms with Crippen LogP contribution in [-0.4, -0.2) is 49.4 Å². The van der Waals surface area contributed by atoms with Crippen LogP contribution in [0.25, 0.3) is 0 Å². The zero-order chi connectivity index (χ0) is 32.3. The summed E-state index contributed by atoms with van der Waals surface area (Å²) in [6, 6.07) is 16.6. The molecule has 0 saturated carbocycles. The number of non-ortho nitro benzene ring substituents is 1. The Bertz CT molecular complexity index is 1640. The topological polar surface area (TPSA) is 180 Å². The number of amides is 3. The lowest BCUT2D eigenvalue weighted by molar-refractivity contribution is -0.384. The van der Waals surface area contributed by atoms with Crippen LogP contribution in [0.15, 0.2) is 83.1 Å². The maximum atomic E-state index is 12.6. The van der Waals surface area contributed by atoms with E-state index in [4.69, 9.17) is 18.9 Å². The summed E-state index contributed by atoms with van der Waals surface area (Å²) in [7, 11) is 1.42. The molecule has 0 radical (unpaired) electrons. The van der Waals surface area contributed by atoms with E-state index in [9.17, 15) is 24.5 Å². The van der Waals surface area contributed by atoms with Gasteiger partial charge in [-0.2, -0.15) is 5.10 Å². The molecule has 0 aromatic heterocycles. The Hall–Kier alpha value is -5.92. The number of ether oxygens (including phenoxy) is 4. The van der Waals surface area contributed by atoms with Crippen molar-refractivity contribution in [2.45, 2.75) is 26.5 Å². The Morgan fingerprint density at radius 1 is 1.04 bits per heavy atom. The number of nitro benzene ring substituents is 1. The zero-order valence-corrected chi connectivity index (χ0v) is 24.7. The summed E-state index contributed by atoms with van der Waals surface area (Å²) >= 11 is 0. The Kier molecular flexibility index (Phi) is 10.7. The third-order valence-electron chi connectivity index (χ3n) is 6.50. The van der Waals surface area contributed by atoms with E-state index in [0.29, 0.717) is 22.6 Å². The maximum Gasteiger partial charge on any atom is 0.338 e. The van der Waals surface area contributed by atoms with Crippen LogP contribution in [0.2, 0.25) is 0 Å². The van der Waals surface area contributed by atoms with Crippen molar-refractivity contribution in [1.82, 2.24) is 16.1 Å². The fourth-order valence-electron chi connectivity index (χ4n) is 4.35. The molecule has 0 aliphatic carbocycles. The quantitative estimate of drug-likeness (QED) is 0.111. The highest BCUT2D eigenvalue weighted by molar-refractivity contribution is 5.95. The van der Waals surface area contributed by atoms with Crippen molar-refractivity contribution >= 4 is 29.8 Å². The second-order valence-corrected chi connectivity index (χ2v) is 9.53. The van der Waals surface area contributed by atoms with Crippen molar-refractivity contribution in [3.05, 3.63) is 105 Å². The number of carbonyl (C=O) groups is 3. The molecule has 3 aromatic rings. The lowest BCUT2D eigenvalue weighted by Gasteiger charge is -2.28. The van der Waals surface area contributed by atoms with Crippen LogP contribution >= 0.6 is 0 Å². The van der Waals surface area contributed by atoms with E-state index in [1.807, 2.05) is 0 Å². The van der Waals surface area contributed by atoms with Gasteiger partial charge in [0.2, 0.25) is 0 Å². The number of allylic oxidation sites excluding steroid dienone is 1. The first kappa shape index (κ1) is 32.0. The molecule has 0 spiro atoms. The van der Waals surface area contributed by atoms with E-state index in [2.05, 4.69) is 21.2 Å². The van der Waals surface area contributed by atoms with Crippen molar-refractivity contribution < 1.29 is 38.3 Å². The van der Waals surface area contributed by atoms with Gasteiger partial charge in [0.15, 0.2) is 18.1 Å². The SMILES string of the molecule is CCOC(=O)C1=C(C)NC(=O)N[C@H]1c1ccc(OCC(=O)N/N=C\c2ccccc2OCc2ccc([N+](=O)[O-])cc2)c(OC)c1. The van der Waals surface area contributed by atoms with Crippen molar-refractivity contribution in [3.63, 3.8) is 0 Å². The molecular weight excluding hydrogens is 586 g/mol. The number of nitro groups is 1. The molecule has 0 unspecified atom stereocenters. The van der Waals surface area contributed by atoms with E-state index in [1.54, 1.807) is 68.4 Å². The number of esters is 1. The molecule has 1 heterocycles. The van der Waals surface area contributed by atoms with Crippen LogP contribution in [-0.2, 0) is 20.9 Å². The molecule has 0 bridgehead atoms. The average molecular weight is 618 g/mol. The fraction of sp³-hybridized carbons (Fsp3) is 0.226. The standard InChI is InChI=1S/C31H31N5O9/c1-4-43-30(38)28-19(2)33-31(39)34-29(28)21-11-14-25(26(15-21)42-3)45-18-27(37)35-32-16-22-7-5-6-8-24(22)44-17-20-9-12-23(13-10-20)36(40)41/h5-16,29H,4,17-18H2,1-3H3,(H,35,37)(H2,33,34,39)/b32-16-/t29-/m0/s1. The molecule has 3 amide bonds. The molecule has 0 fully saturated rings. The van der Waals surface area contributed by atoms with Crippen molar-refractivity contribution in [2.75, 3.05) is 20.3 Å². The zero-order valence-electron chi connectivity index (χ0n) is 24.7. The van der Waals surface area contributed by atoms with Gasteiger partial charge >= 0.3 is 12.0 Å². The molecule has 234 valence electrons. The number of hydrazone groups is 1. The number of benzene rings is 3. The van der Waals surface area contributed by atoms with Crippen LogP contribution < -0.4 is 30.3 Å². The van der Waals surface area contributed by atoms with Gasteiger partial charge in [0.1, 0.15) is 12.4 Å². The number of hydrogen-bond donors (Lipinski definition) is 3. The van der Waals surface area contributed by atoms with Crippen LogP contribution in [0.1, 0.15) is 36.6 Å². The van der Waals surface area contributed by atoms with Crippen LogP contribution in [0, 0.1) is 10.1 Å². The molecule has 1 aliphatic heterocycles. The Labute approximate surface area is 258 Å². The molecule has 45 heavy (non-hydrogen) atoms. The van der Waals surface area contributed by atoms with Crippen molar-refractivity contribution in [2.24, 2.45) is 5.10 Å². The van der Waals surface area contributed by atoms with E-state index >= 15 is 0 Å². The smallest absolute Gasteiger partial charge is 0.338 e. The maximum absolute atomic E-state index is 12.6. The van der Waals surface area contributed by atoms with Gasteiger partial charge in [-0.05, 0) is 61.4 Å². The minimum Gasteiger partial charge on any atom is -0.493 e. The minimum atomic E-state index is -0.792. The largest absolute Gasteiger partial charge is 0.493 e. The van der Waals surface area contributed by atoms with Gasteiger partial charge in [-0.25, -0.2) is 15.0 Å². The van der Waals surface area contributed by atoms with Gasteiger partial charge in [-0.3, -0.25) is 14.9 Å². The molecular formula is C31H31N5O9. The summed E-state index contributed by atoms with van der Waals surface area (Å²) in [6.07, 6.45) is 1.42.